The Balaban J connectivity index is 1.79. The fourth-order valence-electron chi connectivity index (χ4n) is 2.76. The highest BCUT2D eigenvalue weighted by Crippen LogP contribution is 2.22. The van der Waals surface area contributed by atoms with E-state index < -0.39 is 0 Å². The predicted molar refractivity (Wildman–Crippen MR) is 103 cm³/mol. The molecule has 1 aromatic heterocycles. The van der Waals surface area contributed by atoms with E-state index >= 15 is 0 Å². The Morgan fingerprint density at radius 1 is 1.00 bits per heavy atom. The molecule has 0 aliphatic heterocycles. The van der Waals surface area contributed by atoms with Crippen LogP contribution in [-0.2, 0) is 0 Å². The molecule has 0 saturated heterocycles. The maximum atomic E-state index is 12.5. The summed E-state index contributed by atoms with van der Waals surface area (Å²) in [4.78, 5) is 12.5. The van der Waals surface area contributed by atoms with Crippen molar-refractivity contribution in [1.29, 1.82) is 0 Å². The van der Waals surface area contributed by atoms with E-state index in [2.05, 4.69) is 15.5 Å². The van der Waals surface area contributed by atoms with Gasteiger partial charge in [-0.15, -0.1) is 10.2 Å². The topological polar surface area (TPSA) is 64.1 Å². The number of carbonyl (C=O) groups excluding carboxylic acids is 1. The molecule has 0 bridgehead atoms. The molecule has 0 fully saturated rings. The van der Waals surface area contributed by atoms with Crippen LogP contribution in [0.4, 0.5) is 5.69 Å². The van der Waals surface area contributed by atoms with E-state index in [-0.39, 0.29) is 5.91 Å². The molecule has 0 radical (unpaired) electrons. The maximum absolute atomic E-state index is 12.5. The predicted octanol–water partition coefficient (Wildman–Crippen LogP) is 4.41. The van der Waals surface area contributed by atoms with Crippen LogP contribution in [0.5, 0.6) is 5.88 Å². The van der Waals surface area contributed by atoms with E-state index in [4.69, 9.17) is 4.74 Å². The molecule has 3 rings (SSSR count). The molecule has 5 heteroatoms. The van der Waals surface area contributed by atoms with Crippen LogP contribution >= 0.6 is 0 Å². The molecule has 3 aromatic rings. The molecule has 2 aromatic carbocycles. The van der Waals surface area contributed by atoms with Crippen LogP contribution in [0.1, 0.15) is 28.4 Å². The lowest BCUT2D eigenvalue weighted by molar-refractivity contribution is 0.102. The number of benzene rings is 2. The maximum Gasteiger partial charge on any atom is 0.255 e. The molecule has 0 unspecified atom stereocenters. The van der Waals surface area contributed by atoms with Crippen molar-refractivity contribution >= 4 is 11.6 Å². The largest absolute Gasteiger partial charge is 0.477 e. The molecule has 0 spiro atoms. The zero-order valence-electron chi connectivity index (χ0n) is 15.1. The van der Waals surface area contributed by atoms with Gasteiger partial charge >= 0.3 is 0 Å². The number of amides is 1. The molecule has 26 heavy (non-hydrogen) atoms. The van der Waals surface area contributed by atoms with Crippen molar-refractivity contribution in [3.63, 3.8) is 0 Å². The number of hydrogen-bond acceptors (Lipinski definition) is 4. The van der Waals surface area contributed by atoms with Crippen molar-refractivity contribution < 1.29 is 9.53 Å². The van der Waals surface area contributed by atoms with Crippen molar-refractivity contribution in [1.82, 2.24) is 10.2 Å². The number of aryl methyl sites for hydroxylation is 2. The summed E-state index contributed by atoms with van der Waals surface area (Å²) in [5.41, 5.74) is 5.08. The highest BCUT2D eigenvalue weighted by Gasteiger charge is 2.09. The lowest BCUT2D eigenvalue weighted by Crippen LogP contribution is -2.12. The number of rotatable bonds is 5. The van der Waals surface area contributed by atoms with Crippen LogP contribution in [-0.4, -0.2) is 22.7 Å². The molecule has 0 aliphatic carbocycles. The highest BCUT2D eigenvalue weighted by atomic mass is 16.5. The van der Waals surface area contributed by atoms with Crippen molar-refractivity contribution in [2.75, 3.05) is 11.9 Å². The van der Waals surface area contributed by atoms with Crippen LogP contribution < -0.4 is 10.1 Å². The van der Waals surface area contributed by atoms with Crippen molar-refractivity contribution in [2.45, 2.75) is 20.8 Å². The van der Waals surface area contributed by atoms with Gasteiger partial charge in [0.15, 0.2) is 0 Å². The molecule has 132 valence electrons. The Bertz CT molecular complexity index is 901. The van der Waals surface area contributed by atoms with Crippen molar-refractivity contribution in [3.05, 3.63) is 71.3 Å². The number of aromatic nitrogens is 2. The second kappa shape index (κ2) is 7.78. The first-order valence-electron chi connectivity index (χ1n) is 8.52. The minimum atomic E-state index is -0.133. The number of nitrogens with zero attached hydrogens (tertiary/aromatic N) is 2. The Hall–Kier alpha value is -3.21. The number of ether oxygens (including phenoxy) is 1. The van der Waals surface area contributed by atoms with Gasteiger partial charge in [-0.05, 0) is 51.1 Å². The third kappa shape index (κ3) is 4.25. The van der Waals surface area contributed by atoms with Crippen molar-refractivity contribution in [2.24, 2.45) is 0 Å². The third-order valence-electron chi connectivity index (χ3n) is 3.83. The van der Waals surface area contributed by atoms with E-state index in [0.29, 0.717) is 23.7 Å². The van der Waals surface area contributed by atoms with Crippen LogP contribution in [0, 0.1) is 13.8 Å². The van der Waals surface area contributed by atoms with E-state index in [9.17, 15) is 4.79 Å². The third-order valence-corrected chi connectivity index (χ3v) is 3.83. The molecular formula is C21H21N3O2. The van der Waals surface area contributed by atoms with Gasteiger partial charge in [0, 0.05) is 22.9 Å². The molecule has 5 nitrogen and oxygen atoms in total. The van der Waals surface area contributed by atoms with Gasteiger partial charge in [0.2, 0.25) is 5.88 Å². The summed E-state index contributed by atoms with van der Waals surface area (Å²) in [5.74, 6) is 0.363. The van der Waals surface area contributed by atoms with Gasteiger partial charge in [0.1, 0.15) is 0 Å². The average Bonchev–Trinajstić information content (AvgIpc) is 2.62. The van der Waals surface area contributed by atoms with Crippen LogP contribution in [0.2, 0.25) is 0 Å². The number of hydrogen-bond donors (Lipinski definition) is 1. The van der Waals surface area contributed by atoms with Gasteiger partial charge in [-0.25, -0.2) is 0 Å². The Kier molecular flexibility index (Phi) is 5.27. The van der Waals surface area contributed by atoms with Crippen molar-refractivity contribution in [3.8, 4) is 17.1 Å². The minimum Gasteiger partial charge on any atom is -0.477 e. The summed E-state index contributed by atoms with van der Waals surface area (Å²) in [6.45, 7) is 6.41. The number of anilines is 1. The Morgan fingerprint density at radius 2 is 1.77 bits per heavy atom. The highest BCUT2D eigenvalue weighted by molar-refractivity contribution is 6.04. The van der Waals surface area contributed by atoms with E-state index in [1.165, 1.54) is 0 Å². The molecule has 1 amide bonds. The Labute approximate surface area is 153 Å². The van der Waals surface area contributed by atoms with Gasteiger partial charge in [-0.2, -0.15) is 0 Å². The molecule has 1 heterocycles. The van der Waals surface area contributed by atoms with Gasteiger partial charge < -0.3 is 10.1 Å². The molecule has 0 saturated carbocycles. The normalized spacial score (nSPS) is 10.4. The Morgan fingerprint density at radius 3 is 2.42 bits per heavy atom. The first-order valence-corrected chi connectivity index (χ1v) is 8.52. The quantitative estimate of drug-likeness (QED) is 0.742. The molecule has 0 atom stereocenters. The number of nitrogens with one attached hydrogen (secondary N) is 1. The second-order valence-electron chi connectivity index (χ2n) is 6.10. The summed E-state index contributed by atoms with van der Waals surface area (Å²) in [6, 6.07) is 17.0. The van der Waals surface area contributed by atoms with Crippen LogP contribution in [0.25, 0.3) is 11.3 Å². The zero-order chi connectivity index (χ0) is 18.5. The summed E-state index contributed by atoms with van der Waals surface area (Å²) >= 11 is 0. The monoisotopic (exact) mass is 347 g/mol. The standard InChI is InChI=1S/C21H21N3O2/c1-4-26-20-9-8-19(23-24-20)16-6-5-7-18(13-16)22-21(25)17-11-14(2)10-15(3)12-17/h5-13H,4H2,1-3H3,(H,22,25). The SMILES string of the molecule is CCOc1ccc(-c2cccc(NC(=O)c3cc(C)cc(C)c3)c2)nn1. The summed E-state index contributed by atoms with van der Waals surface area (Å²) < 4.78 is 5.31. The summed E-state index contributed by atoms with van der Waals surface area (Å²) in [7, 11) is 0. The van der Waals surface area contributed by atoms with Crippen LogP contribution in [0.15, 0.2) is 54.6 Å². The lowest BCUT2D eigenvalue weighted by atomic mass is 10.1. The second-order valence-corrected chi connectivity index (χ2v) is 6.10. The van der Waals surface area contributed by atoms with Gasteiger partial charge in [0.25, 0.3) is 5.91 Å². The first-order chi connectivity index (χ1) is 12.5. The lowest BCUT2D eigenvalue weighted by Gasteiger charge is -2.09. The zero-order valence-corrected chi connectivity index (χ0v) is 15.1. The summed E-state index contributed by atoms with van der Waals surface area (Å²) in [6.07, 6.45) is 0. The minimum absolute atomic E-state index is 0.133. The summed E-state index contributed by atoms with van der Waals surface area (Å²) in [5, 5.41) is 11.2. The van der Waals surface area contributed by atoms with E-state index in [0.717, 1.165) is 22.4 Å². The fourth-order valence-corrected chi connectivity index (χ4v) is 2.76. The van der Waals surface area contributed by atoms with Crippen LogP contribution in [0.3, 0.4) is 0 Å². The molecule has 0 aliphatic rings. The smallest absolute Gasteiger partial charge is 0.255 e. The first kappa shape index (κ1) is 17.6. The fraction of sp³-hybridized carbons (Fsp3) is 0.190. The van der Waals surface area contributed by atoms with Gasteiger partial charge in [-0.1, -0.05) is 29.3 Å². The molecule has 1 N–H and O–H groups in total. The van der Waals surface area contributed by atoms with E-state index in [1.54, 1.807) is 6.07 Å². The molecular weight excluding hydrogens is 326 g/mol. The van der Waals surface area contributed by atoms with Gasteiger partial charge in [0.05, 0.1) is 12.3 Å². The average molecular weight is 347 g/mol. The number of carbonyl (C=O) groups is 1. The van der Waals surface area contributed by atoms with E-state index in [1.807, 2.05) is 69.3 Å². The van der Waals surface area contributed by atoms with Gasteiger partial charge in [-0.3, -0.25) is 4.79 Å².